The minimum atomic E-state index is -4.00. The number of hydrogen-bond donors (Lipinski definition) is 0. The van der Waals surface area contributed by atoms with Crippen molar-refractivity contribution in [3.05, 3.63) is 0 Å². The molecule has 0 N–H and O–H groups in total. The van der Waals surface area contributed by atoms with Gasteiger partial charge in [0.15, 0.2) is 0 Å². The number of likely N-dealkylation sites (tertiary alicyclic amines) is 1. The number of piperidine rings is 1. The van der Waals surface area contributed by atoms with Crippen LogP contribution in [0.15, 0.2) is 0 Å². The molecule has 0 aromatic heterocycles. The van der Waals surface area contributed by atoms with Crippen LogP contribution in [0.25, 0.3) is 0 Å². The van der Waals surface area contributed by atoms with E-state index in [0.29, 0.717) is 5.66 Å². The van der Waals surface area contributed by atoms with Crippen LogP contribution in [0.1, 0.15) is 19.3 Å². The summed E-state index contributed by atoms with van der Waals surface area (Å²) in [6.45, 7) is 1.79. The molecule has 1 aliphatic rings. The van der Waals surface area contributed by atoms with Crippen LogP contribution in [-0.4, -0.2) is 36.4 Å². The molecule has 0 saturated carbocycles. The third kappa shape index (κ3) is 4.82. The molecular formula is C8H15F3NP. The largest absolute Gasteiger partial charge is 0.390 e. The third-order valence-electron chi connectivity index (χ3n) is 2.34. The second kappa shape index (κ2) is 4.61. The Morgan fingerprint density at radius 1 is 1.23 bits per heavy atom. The molecule has 13 heavy (non-hydrogen) atoms. The van der Waals surface area contributed by atoms with Crippen molar-refractivity contribution in [3.63, 3.8) is 0 Å². The monoisotopic (exact) mass is 213 g/mol. The summed E-state index contributed by atoms with van der Waals surface area (Å²) in [6, 6.07) is 0. The van der Waals surface area contributed by atoms with Gasteiger partial charge in [-0.3, -0.25) is 0 Å². The van der Waals surface area contributed by atoms with Crippen LogP contribution < -0.4 is 0 Å². The Morgan fingerprint density at radius 2 is 1.77 bits per heavy atom. The van der Waals surface area contributed by atoms with Gasteiger partial charge in [0, 0.05) is 6.54 Å². The molecule has 1 fully saturated rings. The van der Waals surface area contributed by atoms with Crippen molar-refractivity contribution in [2.75, 3.05) is 19.6 Å². The summed E-state index contributed by atoms with van der Waals surface area (Å²) >= 11 is 0. The maximum absolute atomic E-state index is 11.9. The summed E-state index contributed by atoms with van der Waals surface area (Å²) < 4.78 is 35.6. The maximum atomic E-state index is 11.9. The predicted molar refractivity (Wildman–Crippen MR) is 49.8 cm³/mol. The van der Waals surface area contributed by atoms with Crippen LogP contribution in [0.3, 0.4) is 0 Å². The molecule has 1 unspecified atom stereocenters. The summed E-state index contributed by atoms with van der Waals surface area (Å²) in [5.41, 5.74) is 0.599. The van der Waals surface area contributed by atoms with Gasteiger partial charge < -0.3 is 4.90 Å². The molecule has 0 aromatic carbocycles. The molecule has 1 heterocycles. The van der Waals surface area contributed by atoms with Crippen LogP contribution in [0, 0.1) is 0 Å². The van der Waals surface area contributed by atoms with Crippen LogP contribution in [0.5, 0.6) is 0 Å². The average Bonchev–Trinajstić information content (AvgIpc) is 2.02. The van der Waals surface area contributed by atoms with Crippen molar-refractivity contribution in [2.24, 2.45) is 0 Å². The van der Waals surface area contributed by atoms with E-state index in [0.717, 1.165) is 25.9 Å². The normalized spacial score (nSPS) is 22.2. The molecular weight excluding hydrogens is 198 g/mol. The van der Waals surface area contributed by atoms with Crippen molar-refractivity contribution in [1.29, 1.82) is 0 Å². The van der Waals surface area contributed by atoms with Gasteiger partial charge in [-0.05, 0) is 31.6 Å². The topological polar surface area (TPSA) is 3.24 Å². The second-order valence-electron chi connectivity index (χ2n) is 3.54. The Hall–Kier alpha value is 0.180. The average molecular weight is 213 g/mol. The summed E-state index contributed by atoms with van der Waals surface area (Å²) in [7, 11) is 2.73. The number of rotatable bonds is 2. The van der Waals surface area contributed by atoms with Crippen molar-refractivity contribution in [3.8, 4) is 0 Å². The minimum absolute atomic E-state index is 0.168. The zero-order valence-corrected chi connectivity index (χ0v) is 8.63. The molecule has 0 radical (unpaired) electrons. The van der Waals surface area contributed by atoms with E-state index in [1.165, 1.54) is 0 Å². The van der Waals surface area contributed by atoms with Gasteiger partial charge in [-0.25, -0.2) is 0 Å². The lowest BCUT2D eigenvalue weighted by molar-refractivity contribution is -0.138. The number of halogens is 3. The molecule has 1 saturated heterocycles. The number of nitrogens with zero attached hydrogens (tertiary/aromatic N) is 1. The van der Waals surface area contributed by atoms with Crippen molar-refractivity contribution < 1.29 is 13.2 Å². The molecule has 78 valence electrons. The fourth-order valence-corrected chi connectivity index (χ4v) is 1.76. The van der Waals surface area contributed by atoms with Gasteiger partial charge in [-0.1, -0.05) is 0 Å². The molecule has 5 heteroatoms. The lowest BCUT2D eigenvalue weighted by Crippen LogP contribution is -2.36. The van der Waals surface area contributed by atoms with Crippen LogP contribution >= 0.6 is 9.24 Å². The predicted octanol–water partition coefficient (Wildman–Crippen LogP) is 2.28. The van der Waals surface area contributed by atoms with E-state index >= 15 is 0 Å². The van der Waals surface area contributed by atoms with E-state index in [2.05, 4.69) is 9.24 Å². The molecule has 1 nitrogen and oxygen atoms in total. The van der Waals surface area contributed by atoms with Gasteiger partial charge in [0.2, 0.25) is 0 Å². The molecule has 0 aliphatic carbocycles. The first-order valence-corrected chi connectivity index (χ1v) is 5.19. The standard InChI is InChI=1S/C8H15F3NP/c9-8(10,11)3-6-12-4-1-7(13)2-5-12/h7H,1-6,13H2. The molecule has 0 spiro atoms. The Balaban J connectivity index is 2.16. The first kappa shape index (κ1) is 11.3. The third-order valence-corrected chi connectivity index (χ3v) is 3.01. The van der Waals surface area contributed by atoms with Crippen LogP contribution in [0.4, 0.5) is 13.2 Å². The van der Waals surface area contributed by atoms with E-state index in [1.807, 2.05) is 4.90 Å². The maximum Gasteiger partial charge on any atom is 0.390 e. The van der Waals surface area contributed by atoms with Crippen LogP contribution in [-0.2, 0) is 0 Å². The molecule has 0 aromatic rings. The van der Waals surface area contributed by atoms with Gasteiger partial charge in [0.05, 0.1) is 6.42 Å². The first-order chi connectivity index (χ1) is 5.97. The number of alkyl halides is 3. The highest BCUT2D eigenvalue weighted by Gasteiger charge is 2.28. The van der Waals surface area contributed by atoms with Gasteiger partial charge in [0.1, 0.15) is 0 Å². The molecule has 1 atom stereocenters. The van der Waals surface area contributed by atoms with E-state index in [1.54, 1.807) is 0 Å². The van der Waals surface area contributed by atoms with Crippen LogP contribution in [0.2, 0.25) is 0 Å². The molecule has 0 bridgehead atoms. The van der Waals surface area contributed by atoms with E-state index in [9.17, 15) is 13.2 Å². The first-order valence-electron chi connectivity index (χ1n) is 4.52. The summed E-state index contributed by atoms with van der Waals surface area (Å²) in [6.07, 6.45) is -2.67. The highest BCUT2D eigenvalue weighted by atomic mass is 31.0. The Labute approximate surface area is 78.9 Å². The SMILES string of the molecule is FC(F)(F)CCN1CCC(P)CC1. The quantitative estimate of drug-likeness (QED) is 0.636. The summed E-state index contributed by atoms with van der Waals surface area (Å²) in [5, 5.41) is 0. The zero-order valence-electron chi connectivity index (χ0n) is 7.48. The lowest BCUT2D eigenvalue weighted by Gasteiger charge is -2.30. The van der Waals surface area contributed by atoms with Gasteiger partial charge in [-0.15, -0.1) is 9.24 Å². The Morgan fingerprint density at radius 3 is 2.23 bits per heavy atom. The van der Waals surface area contributed by atoms with Gasteiger partial charge in [0.25, 0.3) is 0 Å². The minimum Gasteiger partial charge on any atom is -0.303 e. The smallest absolute Gasteiger partial charge is 0.303 e. The molecule has 0 amide bonds. The fourth-order valence-electron chi connectivity index (χ4n) is 1.46. The molecule has 1 aliphatic heterocycles. The van der Waals surface area contributed by atoms with E-state index in [-0.39, 0.29) is 6.54 Å². The summed E-state index contributed by atoms with van der Waals surface area (Å²) in [4.78, 5) is 1.90. The van der Waals surface area contributed by atoms with Gasteiger partial charge >= 0.3 is 6.18 Å². The highest BCUT2D eigenvalue weighted by molar-refractivity contribution is 7.17. The lowest BCUT2D eigenvalue weighted by atomic mass is 10.1. The van der Waals surface area contributed by atoms with Crippen molar-refractivity contribution in [1.82, 2.24) is 4.90 Å². The number of hydrogen-bond acceptors (Lipinski definition) is 1. The van der Waals surface area contributed by atoms with Gasteiger partial charge in [-0.2, -0.15) is 13.2 Å². The van der Waals surface area contributed by atoms with Crippen molar-refractivity contribution >= 4 is 9.24 Å². The fraction of sp³-hybridized carbons (Fsp3) is 1.00. The summed E-state index contributed by atoms with van der Waals surface area (Å²) in [5.74, 6) is 0. The van der Waals surface area contributed by atoms with E-state index < -0.39 is 12.6 Å². The van der Waals surface area contributed by atoms with E-state index in [4.69, 9.17) is 0 Å². The zero-order chi connectivity index (χ0) is 9.90. The highest BCUT2D eigenvalue weighted by Crippen LogP contribution is 2.22. The second-order valence-corrected chi connectivity index (χ2v) is 4.49. The Kier molecular flexibility index (Phi) is 3.99. The Bertz CT molecular complexity index is 152. The molecule has 1 rings (SSSR count). The van der Waals surface area contributed by atoms with Crippen molar-refractivity contribution in [2.45, 2.75) is 31.1 Å².